The second-order valence-electron chi connectivity index (χ2n) is 6.49. The average molecular weight is 423 g/mol. The van der Waals surface area contributed by atoms with Gasteiger partial charge in [0.1, 0.15) is 0 Å². The molecule has 136 valence electrons. The van der Waals surface area contributed by atoms with Gasteiger partial charge in [0.25, 0.3) is 5.91 Å². The van der Waals surface area contributed by atoms with Crippen molar-refractivity contribution < 1.29 is 4.79 Å². The molecular weight excluding hydrogens is 404 g/mol. The summed E-state index contributed by atoms with van der Waals surface area (Å²) in [7, 11) is 0. The highest BCUT2D eigenvalue weighted by Gasteiger charge is 2.14. The molecular formula is C21H19BrN4O. The van der Waals surface area contributed by atoms with Crippen LogP contribution in [0.5, 0.6) is 0 Å². The van der Waals surface area contributed by atoms with E-state index in [2.05, 4.69) is 36.3 Å². The number of halogens is 1. The maximum Gasteiger partial charge on any atom is 0.256 e. The van der Waals surface area contributed by atoms with Crippen molar-refractivity contribution >= 4 is 33.3 Å². The largest absolute Gasteiger partial charge is 0.355 e. The summed E-state index contributed by atoms with van der Waals surface area (Å²) < 4.78 is 0.766. The molecule has 1 aliphatic heterocycles. The van der Waals surface area contributed by atoms with Gasteiger partial charge in [0.15, 0.2) is 5.82 Å². The second kappa shape index (κ2) is 7.88. The molecule has 2 aromatic carbocycles. The molecule has 1 amide bonds. The molecule has 2 heterocycles. The van der Waals surface area contributed by atoms with E-state index in [4.69, 9.17) is 0 Å². The molecule has 0 atom stereocenters. The summed E-state index contributed by atoms with van der Waals surface area (Å²) in [5.74, 6) is 0.768. The molecule has 5 nitrogen and oxygen atoms in total. The summed E-state index contributed by atoms with van der Waals surface area (Å²) in [5.41, 5.74) is 3.02. The molecule has 1 fully saturated rings. The second-order valence-corrected chi connectivity index (χ2v) is 7.34. The van der Waals surface area contributed by atoms with Gasteiger partial charge >= 0.3 is 0 Å². The van der Waals surface area contributed by atoms with E-state index < -0.39 is 0 Å². The van der Waals surface area contributed by atoms with Gasteiger partial charge in [0, 0.05) is 28.8 Å². The van der Waals surface area contributed by atoms with Crippen LogP contribution in [0.25, 0.3) is 11.3 Å². The molecule has 1 N–H and O–H groups in total. The number of amides is 1. The van der Waals surface area contributed by atoms with Crippen LogP contribution < -0.4 is 10.2 Å². The SMILES string of the molecule is O=C(Nc1cccc(-c2ccc(N3CCCC3)nn2)c1)c1ccccc1Br. The molecule has 0 spiro atoms. The predicted octanol–water partition coefficient (Wildman–Crippen LogP) is 4.76. The topological polar surface area (TPSA) is 58.1 Å². The third-order valence-electron chi connectivity index (χ3n) is 4.62. The molecule has 27 heavy (non-hydrogen) atoms. The number of nitrogens with one attached hydrogen (secondary N) is 1. The minimum atomic E-state index is -0.157. The molecule has 0 saturated carbocycles. The molecule has 4 rings (SSSR count). The van der Waals surface area contributed by atoms with Gasteiger partial charge in [0.05, 0.1) is 11.3 Å². The summed E-state index contributed by atoms with van der Waals surface area (Å²) in [5, 5.41) is 11.7. The maximum atomic E-state index is 12.5. The van der Waals surface area contributed by atoms with Crippen LogP contribution in [0.3, 0.4) is 0 Å². The summed E-state index contributed by atoms with van der Waals surface area (Å²) in [6.07, 6.45) is 2.42. The zero-order chi connectivity index (χ0) is 18.6. The van der Waals surface area contributed by atoms with Crippen LogP contribution in [-0.2, 0) is 0 Å². The first-order valence-electron chi connectivity index (χ1n) is 8.96. The highest BCUT2D eigenvalue weighted by atomic mass is 79.9. The summed E-state index contributed by atoms with van der Waals surface area (Å²) in [6.45, 7) is 2.09. The molecule has 1 aromatic heterocycles. The zero-order valence-corrected chi connectivity index (χ0v) is 16.3. The van der Waals surface area contributed by atoms with Crippen LogP contribution in [0, 0.1) is 0 Å². The van der Waals surface area contributed by atoms with Crippen molar-refractivity contribution in [3.05, 3.63) is 70.7 Å². The molecule has 1 saturated heterocycles. The maximum absolute atomic E-state index is 12.5. The molecule has 1 aliphatic rings. The quantitative estimate of drug-likeness (QED) is 0.658. The Kier molecular flexibility index (Phi) is 5.16. The van der Waals surface area contributed by atoms with E-state index in [1.165, 1.54) is 12.8 Å². The predicted molar refractivity (Wildman–Crippen MR) is 111 cm³/mol. The lowest BCUT2D eigenvalue weighted by Crippen LogP contribution is -2.19. The normalized spacial score (nSPS) is 13.6. The van der Waals surface area contributed by atoms with Crippen molar-refractivity contribution in [2.75, 3.05) is 23.3 Å². The van der Waals surface area contributed by atoms with Gasteiger partial charge in [-0.25, -0.2) is 0 Å². The van der Waals surface area contributed by atoms with Crippen molar-refractivity contribution in [1.29, 1.82) is 0 Å². The summed E-state index contributed by atoms with van der Waals surface area (Å²) in [4.78, 5) is 14.8. The van der Waals surface area contributed by atoms with Crippen LogP contribution in [-0.4, -0.2) is 29.2 Å². The lowest BCUT2D eigenvalue weighted by atomic mass is 10.1. The monoisotopic (exact) mass is 422 g/mol. The van der Waals surface area contributed by atoms with E-state index in [1.54, 1.807) is 6.07 Å². The number of benzene rings is 2. The van der Waals surface area contributed by atoms with Crippen molar-refractivity contribution in [3.8, 4) is 11.3 Å². The smallest absolute Gasteiger partial charge is 0.256 e. The third kappa shape index (κ3) is 4.01. The lowest BCUT2D eigenvalue weighted by Gasteiger charge is -2.15. The Morgan fingerprint density at radius 1 is 0.963 bits per heavy atom. The molecule has 0 aliphatic carbocycles. The summed E-state index contributed by atoms with van der Waals surface area (Å²) >= 11 is 3.41. The third-order valence-corrected chi connectivity index (χ3v) is 5.31. The average Bonchev–Trinajstić information content (AvgIpc) is 3.23. The Bertz CT molecular complexity index is 952. The van der Waals surface area contributed by atoms with Crippen molar-refractivity contribution in [3.63, 3.8) is 0 Å². The number of aromatic nitrogens is 2. The Morgan fingerprint density at radius 3 is 2.52 bits per heavy atom. The van der Waals surface area contributed by atoms with E-state index in [0.29, 0.717) is 5.56 Å². The lowest BCUT2D eigenvalue weighted by molar-refractivity contribution is 0.102. The van der Waals surface area contributed by atoms with Crippen molar-refractivity contribution in [2.24, 2.45) is 0 Å². The Balaban J connectivity index is 1.52. The molecule has 3 aromatic rings. The van der Waals surface area contributed by atoms with Crippen LogP contribution >= 0.6 is 15.9 Å². The van der Waals surface area contributed by atoms with E-state index in [-0.39, 0.29) is 5.91 Å². The fourth-order valence-corrected chi connectivity index (χ4v) is 3.66. The number of carbonyl (C=O) groups excluding carboxylic acids is 1. The van der Waals surface area contributed by atoms with Crippen LogP contribution in [0.2, 0.25) is 0 Å². The number of nitrogens with zero attached hydrogens (tertiary/aromatic N) is 3. The van der Waals surface area contributed by atoms with Crippen molar-refractivity contribution in [1.82, 2.24) is 10.2 Å². The van der Waals surface area contributed by atoms with Gasteiger partial charge in [-0.2, -0.15) is 0 Å². The van der Waals surface area contributed by atoms with Crippen LogP contribution in [0.15, 0.2) is 65.1 Å². The van der Waals surface area contributed by atoms with E-state index in [9.17, 15) is 4.79 Å². The van der Waals surface area contributed by atoms with Crippen LogP contribution in [0.1, 0.15) is 23.2 Å². The molecule has 0 radical (unpaired) electrons. The van der Waals surface area contributed by atoms with Gasteiger partial charge in [-0.1, -0.05) is 24.3 Å². The fraction of sp³-hybridized carbons (Fsp3) is 0.190. The highest BCUT2D eigenvalue weighted by Crippen LogP contribution is 2.24. The van der Waals surface area contributed by atoms with E-state index in [1.807, 2.05) is 54.6 Å². The van der Waals surface area contributed by atoms with Crippen LogP contribution in [0.4, 0.5) is 11.5 Å². The number of carbonyl (C=O) groups is 1. The van der Waals surface area contributed by atoms with Gasteiger partial charge in [0.2, 0.25) is 0 Å². The minimum absolute atomic E-state index is 0.157. The van der Waals surface area contributed by atoms with E-state index in [0.717, 1.165) is 40.3 Å². The highest BCUT2D eigenvalue weighted by molar-refractivity contribution is 9.10. The Hall–Kier alpha value is -2.73. The first-order valence-corrected chi connectivity index (χ1v) is 9.75. The first-order chi connectivity index (χ1) is 13.2. The fourth-order valence-electron chi connectivity index (χ4n) is 3.19. The number of rotatable bonds is 4. The standard InChI is InChI=1S/C21H19BrN4O/c22-18-9-2-1-8-17(18)21(27)23-16-7-5-6-15(14-16)19-10-11-20(25-24-19)26-12-3-4-13-26/h1-2,5-11,14H,3-4,12-13H2,(H,23,27). The zero-order valence-electron chi connectivity index (χ0n) is 14.7. The summed E-state index contributed by atoms with van der Waals surface area (Å²) in [6, 6.07) is 19.0. The van der Waals surface area contributed by atoms with Gasteiger partial charge < -0.3 is 10.2 Å². The van der Waals surface area contributed by atoms with Crippen molar-refractivity contribution in [2.45, 2.75) is 12.8 Å². The van der Waals surface area contributed by atoms with Gasteiger partial charge in [-0.15, -0.1) is 10.2 Å². The Labute approximate surface area is 166 Å². The van der Waals surface area contributed by atoms with Gasteiger partial charge in [-0.3, -0.25) is 4.79 Å². The number of anilines is 2. The molecule has 6 heteroatoms. The first kappa shape index (κ1) is 17.7. The van der Waals surface area contributed by atoms with E-state index >= 15 is 0 Å². The molecule has 0 bridgehead atoms. The molecule has 0 unspecified atom stereocenters. The minimum Gasteiger partial charge on any atom is -0.355 e. The number of hydrogen-bond donors (Lipinski definition) is 1. The van der Waals surface area contributed by atoms with Gasteiger partial charge in [-0.05, 0) is 65.2 Å². The Morgan fingerprint density at radius 2 is 1.78 bits per heavy atom. The number of hydrogen-bond acceptors (Lipinski definition) is 4.